The van der Waals surface area contributed by atoms with Crippen molar-refractivity contribution in [3.63, 3.8) is 0 Å². The maximum absolute atomic E-state index is 12.5. The summed E-state index contributed by atoms with van der Waals surface area (Å²) >= 11 is 0. The second kappa shape index (κ2) is 7.85. The van der Waals surface area contributed by atoms with Crippen LogP contribution in [0.5, 0.6) is 0 Å². The van der Waals surface area contributed by atoms with E-state index < -0.39 is 0 Å². The molecule has 148 valence electrons. The van der Waals surface area contributed by atoms with E-state index in [-0.39, 0.29) is 40.9 Å². The highest BCUT2D eigenvalue weighted by molar-refractivity contribution is 5.81. The Morgan fingerprint density at radius 3 is 2.15 bits per heavy atom. The van der Waals surface area contributed by atoms with Gasteiger partial charge in [0.25, 0.3) is 0 Å². The van der Waals surface area contributed by atoms with Crippen molar-refractivity contribution < 1.29 is 19.1 Å². The van der Waals surface area contributed by atoms with Gasteiger partial charge in [-0.15, -0.1) is 0 Å². The standard InChI is InChI=1S/C20H34N2O4/c1-19(2)10-14(22-18(24)16-7-5-9-26-16)11-20(3,12-19)13-21-17(23)15-6-4-8-25-15/h14-16H,4-13H2,1-3H3,(H,21,23)(H,22,24)/t14-,15+,16-,20+/m0/s1. The van der Waals surface area contributed by atoms with Crippen LogP contribution in [0.4, 0.5) is 0 Å². The summed E-state index contributed by atoms with van der Waals surface area (Å²) < 4.78 is 11.0. The molecule has 2 N–H and O–H groups in total. The average molecular weight is 367 g/mol. The fourth-order valence-electron chi connectivity index (χ4n) is 5.15. The molecular weight excluding hydrogens is 332 g/mol. The minimum atomic E-state index is -0.287. The Balaban J connectivity index is 1.56. The van der Waals surface area contributed by atoms with Gasteiger partial charge in [-0.1, -0.05) is 20.8 Å². The second-order valence-electron chi connectivity index (χ2n) is 9.49. The molecule has 0 radical (unpaired) electrons. The van der Waals surface area contributed by atoms with Gasteiger partial charge < -0.3 is 20.1 Å². The molecule has 6 heteroatoms. The summed E-state index contributed by atoms with van der Waals surface area (Å²) in [5.41, 5.74) is 0.0839. The molecule has 0 aromatic carbocycles. The number of amides is 2. The van der Waals surface area contributed by atoms with Crippen LogP contribution in [-0.4, -0.2) is 49.8 Å². The van der Waals surface area contributed by atoms with Gasteiger partial charge in [0.1, 0.15) is 12.2 Å². The molecule has 4 atom stereocenters. The van der Waals surface area contributed by atoms with Crippen LogP contribution in [0.3, 0.4) is 0 Å². The van der Waals surface area contributed by atoms with Crippen molar-refractivity contribution in [3.8, 4) is 0 Å². The molecule has 2 saturated heterocycles. The number of carbonyl (C=O) groups is 2. The van der Waals surface area contributed by atoms with Crippen molar-refractivity contribution in [2.75, 3.05) is 19.8 Å². The monoisotopic (exact) mass is 366 g/mol. The lowest BCUT2D eigenvalue weighted by atomic mass is 9.62. The summed E-state index contributed by atoms with van der Waals surface area (Å²) in [6.45, 7) is 8.70. The van der Waals surface area contributed by atoms with Gasteiger partial charge in [0, 0.05) is 25.8 Å². The second-order valence-corrected chi connectivity index (χ2v) is 9.49. The zero-order chi connectivity index (χ0) is 18.8. The maximum atomic E-state index is 12.5. The Kier molecular flexibility index (Phi) is 5.92. The lowest BCUT2D eigenvalue weighted by Gasteiger charge is -2.47. The Morgan fingerprint density at radius 2 is 1.58 bits per heavy atom. The summed E-state index contributed by atoms with van der Waals surface area (Å²) in [6, 6.07) is 0.125. The van der Waals surface area contributed by atoms with E-state index in [2.05, 4.69) is 31.4 Å². The van der Waals surface area contributed by atoms with Crippen LogP contribution >= 0.6 is 0 Å². The number of hydrogen-bond acceptors (Lipinski definition) is 4. The molecule has 1 saturated carbocycles. The Morgan fingerprint density at radius 1 is 0.962 bits per heavy atom. The molecule has 3 aliphatic rings. The zero-order valence-corrected chi connectivity index (χ0v) is 16.4. The summed E-state index contributed by atoms with van der Waals surface area (Å²) in [5.74, 6) is 0.0305. The van der Waals surface area contributed by atoms with Gasteiger partial charge in [-0.2, -0.15) is 0 Å². The molecule has 26 heavy (non-hydrogen) atoms. The first-order valence-corrected chi connectivity index (χ1v) is 10.1. The third-order valence-electron chi connectivity index (χ3n) is 5.92. The van der Waals surface area contributed by atoms with Crippen LogP contribution in [-0.2, 0) is 19.1 Å². The highest BCUT2D eigenvalue weighted by Crippen LogP contribution is 2.45. The van der Waals surface area contributed by atoms with Crippen molar-refractivity contribution in [2.45, 2.75) is 84.0 Å². The summed E-state index contributed by atoms with van der Waals surface area (Å²) in [5, 5.41) is 6.31. The van der Waals surface area contributed by atoms with Gasteiger partial charge >= 0.3 is 0 Å². The topological polar surface area (TPSA) is 76.7 Å². The van der Waals surface area contributed by atoms with Crippen molar-refractivity contribution in [1.82, 2.24) is 10.6 Å². The first-order chi connectivity index (χ1) is 12.3. The number of rotatable bonds is 5. The van der Waals surface area contributed by atoms with E-state index in [1.165, 1.54) is 0 Å². The van der Waals surface area contributed by atoms with Crippen molar-refractivity contribution in [1.29, 1.82) is 0 Å². The van der Waals surface area contributed by atoms with Crippen molar-refractivity contribution >= 4 is 11.8 Å². The predicted octanol–water partition coefficient (Wildman–Crippen LogP) is 2.16. The summed E-state index contributed by atoms with van der Waals surface area (Å²) in [6.07, 6.45) is 5.83. The molecule has 2 aliphatic heterocycles. The molecule has 0 unspecified atom stereocenters. The largest absolute Gasteiger partial charge is 0.368 e. The molecule has 3 rings (SSSR count). The summed E-state index contributed by atoms with van der Waals surface area (Å²) in [4.78, 5) is 24.8. The number of hydrogen-bond donors (Lipinski definition) is 2. The third kappa shape index (κ3) is 4.97. The first kappa shape index (κ1) is 19.6. The molecule has 2 heterocycles. The number of ether oxygens (including phenoxy) is 2. The Bertz CT molecular complexity index is 524. The molecule has 3 fully saturated rings. The smallest absolute Gasteiger partial charge is 0.249 e. The van der Waals surface area contributed by atoms with E-state index in [1.54, 1.807) is 0 Å². The van der Waals surface area contributed by atoms with Gasteiger partial charge in [0.2, 0.25) is 11.8 Å². The minimum Gasteiger partial charge on any atom is -0.368 e. The highest BCUT2D eigenvalue weighted by atomic mass is 16.5. The van der Waals surface area contributed by atoms with Gasteiger partial charge in [0.05, 0.1) is 0 Å². The molecule has 1 aliphatic carbocycles. The number of carbonyl (C=O) groups excluding carboxylic acids is 2. The normalized spacial score (nSPS) is 36.7. The van der Waals surface area contributed by atoms with Crippen molar-refractivity contribution in [3.05, 3.63) is 0 Å². The zero-order valence-electron chi connectivity index (χ0n) is 16.4. The maximum Gasteiger partial charge on any atom is 0.249 e. The highest BCUT2D eigenvalue weighted by Gasteiger charge is 2.42. The van der Waals surface area contributed by atoms with E-state index in [1.807, 2.05) is 0 Å². The van der Waals surface area contributed by atoms with Gasteiger partial charge in [-0.25, -0.2) is 0 Å². The SMILES string of the molecule is CC1(C)C[C@H](NC(=O)[C@@H]2CCCO2)C[C@@](C)(CNC(=O)[C@H]2CCCO2)C1. The van der Waals surface area contributed by atoms with E-state index in [0.717, 1.165) is 44.9 Å². The fraction of sp³-hybridized carbons (Fsp3) is 0.900. The molecular formula is C20H34N2O4. The van der Waals surface area contributed by atoms with Crippen LogP contribution in [0.15, 0.2) is 0 Å². The minimum absolute atomic E-state index is 0.00652. The molecule has 0 spiro atoms. The Hall–Kier alpha value is -1.14. The van der Waals surface area contributed by atoms with Crippen LogP contribution in [0, 0.1) is 10.8 Å². The lowest BCUT2D eigenvalue weighted by Crippen LogP contribution is -2.52. The van der Waals surface area contributed by atoms with E-state index >= 15 is 0 Å². The Labute approximate surface area is 156 Å². The van der Waals surface area contributed by atoms with Gasteiger partial charge in [0.15, 0.2) is 0 Å². The molecule has 0 aromatic heterocycles. The first-order valence-electron chi connectivity index (χ1n) is 10.1. The quantitative estimate of drug-likeness (QED) is 0.782. The van der Waals surface area contributed by atoms with Gasteiger partial charge in [-0.3, -0.25) is 9.59 Å². The molecule has 0 bridgehead atoms. The molecule has 2 amide bonds. The fourth-order valence-corrected chi connectivity index (χ4v) is 5.15. The van der Waals surface area contributed by atoms with Crippen LogP contribution in [0.2, 0.25) is 0 Å². The van der Waals surface area contributed by atoms with E-state index in [4.69, 9.17) is 9.47 Å². The lowest BCUT2D eigenvalue weighted by molar-refractivity contribution is -0.133. The molecule has 0 aromatic rings. The average Bonchev–Trinajstić information content (AvgIpc) is 3.23. The van der Waals surface area contributed by atoms with Crippen LogP contribution in [0.1, 0.15) is 65.7 Å². The van der Waals surface area contributed by atoms with E-state index in [9.17, 15) is 9.59 Å². The summed E-state index contributed by atoms with van der Waals surface area (Å²) in [7, 11) is 0. The third-order valence-corrected chi connectivity index (χ3v) is 5.92. The van der Waals surface area contributed by atoms with Crippen LogP contribution in [0.25, 0.3) is 0 Å². The van der Waals surface area contributed by atoms with Gasteiger partial charge in [-0.05, 0) is 55.8 Å². The predicted molar refractivity (Wildman–Crippen MR) is 98.6 cm³/mol. The van der Waals surface area contributed by atoms with Crippen molar-refractivity contribution in [2.24, 2.45) is 10.8 Å². The van der Waals surface area contributed by atoms with E-state index in [0.29, 0.717) is 19.8 Å². The van der Waals surface area contributed by atoms with Crippen LogP contribution < -0.4 is 10.6 Å². The number of nitrogens with one attached hydrogen (secondary N) is 2. The molecule has 6 nitrogen and oxygen atoms in total.